The third-order valence-electron chi connectivity index (χ3n) is 3.23. The van der Waals surface area contributed by atoms with Gasteiger partial charge in [-0.15, -0.1) is 0 Å². The maximum Gasteiger partial charge on any atom is 0.292 e. The van der Waals surface area contributed by atoms with Crippen LogP contribution in [-0.4, -0.2) is 23.0 Å². The topological polar surface area (TPSA) is 125 Å². The van der Waals surface area contributed by atoms with Gasteiger partial charge in [-0.25, -0.2) is 0 Å². The molecule has 8 nitrogen and oxygen atoms in total. The third kappa shape index (κ3) is 4.11. The van der Waals surface area contributed by atoms with E-state index in [4.69, 9.17) is 4.74 Å². The molecule has 0 spiro atoms. The van der Waals surface area contributed by atoms with Crippen LogP contribution in [0.3, 0.4) is 0 Å². The lowest BCUT2D eigenvalue weighted by molar-refractivity contribution is -0.383. The van der Waals surface area contributed by atoms with E-state index in [0.29, 0.717) is 5.56 Å². The first kappa shape index (κ1) is 17.5. The van der Waals surface area contributed by atoms with Gasteiger partial charge in [0.15, 0.2) is 11.5 Å². The monoisotopic (exact) mass is 339 g/mol. The molecule has 0 unspecified atom stereocenters. The van der Waals surface area contributed by atoms with Gasteiger partial charge >= 0.3 is 0 Å². The number of nitrogens with one attached hydrogen (secondary N) is 1. The third-order valence-corrected chi connectivity index (χ3v) is 3.23. The Morgan fingerprint density at radius 3 is 2.72 bits per heavy atom. The summed E-state index contributed by atoms with van der Waals surface area (Å²) in [5, 5.41) is 32.1. The fourth-order valence-electron chi connectivity index (χ4n) is 2.03. The molecule has 0 radical (unpaired) electrons. The van der Waals surface area contributed by atoms with Crippen LogP contribution in [0.15, 0.2) is 48.0 Å². The molecule has 126 valence electrons. The summed E-state index contributed by atoms with van der Waals surface area (Å²) < 4.78 is 4.96. The van der Waals surface area contributed by atoms with E-state index in [1.807, 2.05) is 0 Å². The van der Waals surface area contributed by atoms with Crippen LogP contribution in [0, 0.1) is 21.4 Å². The maximum atomic E-state index is 12.2. The van der Waals surface area contributed by atoms with Gasteiger partial charge < -0.3 is 15.2 Å². The summed E-state index contributed by atoms with van der Waals surface area (Å²) in [7, 11) is 1.37. The Kier molecular flexibility index (Phi) is 5.32. The van der Waals surface area contributed by atoms with Crippen molar-refractivity contribution in [1.29, 1.82) is 5.26 Å². The number of phenols is 1. The fourth-order valence-corrected chi connectivity index (χ4v) is 2.03. The van der Waals surface area contributed by atoms with Crippen molar-refractivity contribution in [1.82, 2.24) is 0 Å². The molecule has 1 amide bonds. The summed E-state index contributed by atoms with van der Waals surface area (Å²) in [5.41, 5.74) is -0.101. The molecule has 0 saturated heterocycles. The number of methoxy groups -OCH3 is 1. The van der Waals surface area contributed by atoms with Crippen molar-refractivity contribution in [2.45, 2.75) is 0 Å². The molecule has 2 aromatic carbocycles. The number of para-hydroxylation sites is 2. The number of nitro groups is 1. The van der Waals surface area contributed by atoms with Crippen molar-refractivity contribution in [3.8, 4) is 17.6 Å². The number of nitriles is 1. The molecule has 0 heterocycles. The molecule has 0 aromatic heterocycles. The minimum atomic E-state index is -0.788. The zero-order chi connectivity index (χ0) is 18.4. The first-order valence-corrected chi connectivity index (χ1v) is 7.00. The van der Waals surface area contributed by atoms with Crippen LogP contribution in [0.2, 0.25) is 0 Å². The SMILES string of the molecule is COc1cc(C=C(C#N)C(=O)Nc2ccccc2[N+](=O)[O-])ccc1O. The molecule has 2 N–H and O–H groups in total. The number of rotatable bonds is 5. The number of carbonyl (C=O) groups excluding carboxylic acids is 1. The standard InChI is InChI=1S/C17H13N3O5/c1-25-16-9-11(6-7-15(16)21)8-12(10-18)17(22)19-13-4-2-3-5-14(13)20(23)24/h2-9,21H,1H3,(H,19,22). The van der Waals surface area contributed by atoms with Crippen molar-refractivity contribution >= 4 is 23.4 Å². The van der Waals surface area contributed by atoms with Crippen molar-refractivity contribution in [2.24, 2.45) is 0 Å². The number of amides is 1. The number of ether oxygens (including phenoxy) is 1. The van der Waals surface area contributed by atoms with Crippen LogP contribution in [0.1, 0.15) is 5.56 Å². The molecule has 0 saturated carbocycles. The lowest BCUT2D eigenvalue weighted by atomic mass is 10.1. The summed E-state index contributed by atoms with van der Waals surface area (Å²) in [5.74, 6) is -0.684. The number of aromatic hydroxyl groups is 1. The number of nitrogens with zero attached hydrogens (tertiary/aromatic N) is 2. The van der Waals surface area contributed by atoms with Crippen LogP contribution < -0.4 is 10.1 Å². The van der Waals surface area contributed by atoms with Crippen LogP contribution in [0.25, 0.3) is 6.08 Å². The van der Waals surface area contributed by atoms with Crippen LogP contribution in [0.4, 0.5) is 11.4 Å². The molecule has 25 heavy (non-hydrogen) atoms. The van der Waals surface area contributed by atoms with E-state index >= 15 is 0 Å². The number of phenolic OH excluding ortho intramolecular Hbond substituents is 1. The van der Waals surface area contributed by atoms with E-state index in [2.05, 4.69) is 5.32 Å². The number of benzene rings is 2. The van der Waals surface area contributed by atoms with E-state index in [1.165, 1.54) is 55.7 Å². The Morgan fingerprint density at radius 2 is 2.08 bits per heavy atom. The number of hydrogen-bond donors (Lipinski definition) is 2. The maximum absolute atomic E-state index is 12.2. The zero-order valence-electron chi connectivity index (χ0n) is 13.1. The van der Waals surface area contributed by atoms with Crippen LogP contribution in [-0.2, 0) is 4.79 Å². The molecule has 0 aliphatic heterocycles. The Hall–Kier alpha value is -3.86. The Morgan fingerprint density at radius 1 is 1.36 bits per heavy atom. The van der Waals surface area contributed by atoms with Gasteiger partial charge in [-0.2, -0.15) is 5.26 Å². The van der Waals surface area contributed by atoms with E-state index in [0.717, 1.165) is 0 Å². The molecule has 0 aliphatic rings. The summed E-state index contributed by atoms with van der Waals surface area (Å²) in [6.45, 7) is 0. The molecule has 2 rings (SSSR count). The molecule has 2 aromatic rings. The van der Waals surface area contributed by atoms with Gasteiger partial charge in [0.1, 0.15) is 17.3 Å². The highest BCUT2D eigenvalue weighted by atomic mass is 16.6. The van der Waals surface area contributed by atoms with Crippen LogP contribution >= 0.6 is 0 Å². The van der Waals surface area contributed by atoms with Gasteiger partial charge in [-0.1, -0.05) is 18.2 Å². The number of carbonyl (C=O) groups is 1. The highest BCUT2D eigenvalue weighted by molar-refractivity contribution is 6.10. The number of hydrogen-bond acceptors (Lipinski definition) is 6. The average Bonchev–Trinajstić information content (AvgIpc) is 2.61. The quantitative estimate of drug-likeness (QED) is 0.373. The minimum Gasteiger partial charge on any atom is -0.504 e. The molecular weight excluding hydrogens is 326 g/mol. The summed E-state index contributed by atoms with van der Waals surface area (Å²) >= 11 is 0. The van der Waals surface area contributed by atoms with Gasteiger partial charge in [0.25, 0.3) is 11.6 Å². The Labute approximate surface area is 142 Å². The normalized spacial score (nSPS) is 10.6. The Bertz CT molecular complexity index is 899. The second-order valence-corrected chi connectivity index (χ2v) is 4.83. The smallest absolute Gasteiger partial charge is 0.292 e. The average molecular weight is 339 g/mol. The van der Waals surface area contributed by atoms with Crippen molar-refractivity contribution in [3.63, 3.8) is 0 Å². The highest BCUT2D eigenvalue weighted by Gasteiger charge is 2.17. The summed E-state index contributed by atoms with van der Waals surface area (Å²) in [4.78, 5) is 22.6. The molecular formula is C17H13N3O5. The van der Waals surface area contributed by atoms with E-state index < -0.39 is 10.8 Å². The van der Waals surface area contributed by atoms with Gasteiger partial charge in [-0.3, -0.25) is 14.9 Å². The fraction of sp³-hybridized carbons (Fsp3) is 0.0588. The first-order valence-electron chi connectivity index (χ1n) is 7.00. The molecule has 0 fully saturated rings. The van der Waals surface area contributed by atoms with Gasteiger partial charge in [0.2, 0.25) is 0 Å². The number of anilines is 1. The van der Waals surface area contributed by atoms with Crippen molar-refractivity contribution in [2.75, 3.05) is 12.4 Å². The van der Waals surface area contributed by atoms with Crippen molar-refractivity contribution < 1.29 is 19.6 Å². The lowest BCUT2D eigenvalue weighted by Gasteiger charge is -2.06. The second-order valence-electron chi connectivity index (χ2n) is 4.83. The van der Waals surface area contributed by atoms with E-state index in [1.54, 1.807) is 6.07 Å². The summed E-state index contributed by atoms with van der Waals surface area (Å²) in [6, 6.07) is 11.7. The van der Waals surface area contributed by atoms with E-state index in [9.17, 15) is 25.3 Å². The number of nitro benzene ring substituents is 1. The first-order chi connectivity index (χ1) is 12.0. The van der Waals surface area contributed by atoms with E-state index in [-0.39, 0.29) is 28.4 Å². The van der Waals surface area contributed by atoms with Crippen molar-refractivity contribution in [3.05, 3.63) is 63.7 Å². The molecule has 0 bridgehead atoms. The van der Waals surface area contributed by atoms with Gasteiger partial charge in [0, 0.05) is 6.07 Å². The predicted molar refractivity (Wildman–Crippen MR) is 90.0 cm³/mol. The van der Waals surface area contributed by atoms with Gasteiger partial charge in [-0.05, 0) is 29.8 Å². The largest absolute Gasteiger partial charge is 0.504 e. The van der Waals surface area contributed by atoms with Crippen LogP contribution in [0.5, 0.6) is 11.5 Å². The second kappa shape index (κ2) is 7.61. The summed E-state index contributed by atoms with van der Waals surface area (Å²) in [6.07, 6.45) is 1.28. The molecule has 8 heteroatoms. The minimum absolute atomic E-state index is 0.0121. The Balaban J connectivity index is 2.31. The predicted octanol–water partition coefficient (Wildman–Crippen LogP) is 2.85. The molecule has 0 atom stereocenters. The lowest BCUT2D eigenvalue weighted by Crippen LogP contribution is -2.14. The molecule has 0 aliphatic carbocycles. The van der Waals surface area contributed by atoms with Gasteiger partial charge in [0.05, 0.1) is 12.0 Å². The highest BCUT2D eigenvalue weighted by Crippen LogP contribution is 2.28. The zero-order valence-corrected chi connectivity index (χ0v) is 13.1.